The summed E-state index contributed by atoms with van der Waals surface area (Å²) in [6, 6.07) is 4.54. The summed E-state index contributed by atoms with van der Waals surface area (Å²) in [5.41, 5.74) is 0.518. The summed E-state index contributed by atoms with van der Waals surface area (Å²) < 4.78 is 5.09. The first-order valence-corrected chi connectivity index (χ1v) is 5.96. The van der Waals surface area contributed by atoms with Crippen LogP contribution in [0.1, 0.15) is 6.92 Å². The van der Waals surface area contributed by atoms with E-state index in [1.165, 1.54) is 0 Å². The van der Waals surface area contributed by atoms with Gasteiger partial charge in [0.2, 0.25) is 0 Å². The Labute approximate surface area is 110 Å². The van der Waals surface area contributed by atoms with E-state index in [0.717, 1.165) is 0 Å². The zero-order valence-corrected chi connectivity index (χ0v) is 10.9. The lowest BCUT2D eigenvalue weighted by atomic mass is 10.3. The van der Waals surface area contributed by atoms with Gasteiger partial charge in [-0.2, -0.15) is 0 Å². The van der Waals surface area contributed by atoms with Crippen molar-refractivity contribution in [2.75, 3.05) is 25.1 Å². The van der Waals surface area contributed by atoms with Crippen LogP contribution in [0.25, 0.3) is 0 Å². The average molecular weight is 277 g/mol. The lowest BCUT2D eigenvalue weighted by molar-refractivity contribution is 0.150. The van der Waals surface area contributed by atoms with Crippen LogP contribution in [0.15, 0.2) is 18.2 Å². The molecule has 0 unspecified atom stereocenters. The van der Waals surface area contributed by atoms with Crippen molar-refractivity contribution in [3.63, 3.8) is 0 Å². The van der Waals surface area contributed by atoms with E-state index < -0.39 is 0 Å². The molecular formula is C11H14Cl2N2O2. The highest BCUT2D eigenvalue weighted by Crippen LogP contribution is 2.25. The molecule has 0 spiro atoms. The molecule has 0 saturated carbocycles. The summed E-state index contributed by atoms with van der Waals surface area (Å²) in [6.45, 7) is 3.46. The van der Waals surface area contributed by atoms with Gasteiger partial charge in [-0.25, -0.2) is 4.79 Å². The quantitative estimate of drug-likeness (QED) is 0.812. The van der Waals surface area contributed by atoms with Crippen molar-refractivity contribution in [1.82, 2.24) is 5.32 Å². The number of hydrogen-bond acceptors (Lipinski definition) is 2. The standard InChI is InChI=1S/C11H14Cl2N2O2/c1-2-17-6-5-14-11(16)15-10-4-3-8(12)7-9(10)13/h3-4,7H,2,5-6H2,1H3,(H2,14,15,16). The molecule has 1 rings (SSSR count). The predicted molar refractivity (Wildman–Crippen MR) is 70.0 cm³/mol. The van der Waals surface area contributed by atoms with Gasteiger partial charge in [0.05, 0.1) is 17.3 Å². The van der Waals surface area contributed by atoms with Gasteiger partial charge in [-0.1, -0.05) is 23.2 Å². The van der Waals surface area contributed by atoms with Gasteiger partial charge < -0.3 is 15.4 Å². The normalized spacial score (nSPS) is 10.1. The second kappa shape index (κ2) is 7.37. The third kappa shape index (κ3) is 5.26. The zero-order chi connectivity index (χ0) is 12.7. The number of hydrogen-bond donors (Lipinski definition) is 2. The third-order valence-electron chi connectivity index (χ3n) is 1.92. The van der Waals surface area contributed by atoms with Gasteiger partial charge in [0, 0.05) is 18.2 Å². The summed E-state index contributed by atoms with van der Waals surface area (Å²) in [6.07, 6.45) is 0. The van der Waals surface area contributed by atoms with Crippen LogP contribution < -0.4 is 10.6 Å². The fraction of sp³-hybridized carbons (Fsp3) is 0.364. The first-order chi connectivity index (χ1) is 8.13. The van der Waals surface area contributed by atoms with Crippen molar-refractivity contribution < 1.29 is 9.53 Å². The van der Waals surface area contributed by atoms with Gasteiger partial charge in [0.15, 0.2) is 0 Å². The summed E-state index contributed by atoms with van der Waals surface area (Å²) in [5.74, 6) is 0. The molecule has 94 valence electrons. The summed E-state index contributed by atoms with van der Waals surface area (Å²) in [7, 11) is 0. The van der Waals surface area contributed by atoms with E-state index in [2.05, 4.69) is 10.6 Å². The van der Waals surface area contributed by atoms with Crippen LogP contribution in [0.4, 0.5) is 10.5 Å². The molecule has 0 aliphatic carbocycles. The number of carbonyl (C=O) groups is 1. The fourth-order valence-corrected chi connectivity index (χ4v) is 1.59. The number of rotatable bonds is 5. The Balaban J connectivity index is 2.40. The molecular weight excluding hydrogens is 263 g/mol. The SMILES string of the molecule is CCOCCNC(=O)Nc1ccc(Cl)cc1Cl. The van der Waals surface area contributed by atoms with Crippen LogP contribution in [0, 0.1) is 0 Å². The number of anilines is 1. The van der Waals surface area contributed by atoms with Gasteiger partial charge in [-0.15, -0.1) is 0 Å². The molecule has 0 aliphatic rings. The summed E-state index contributed by atoms with van der Waals surface area (Å²) in [5, 5.41) is 6.18. The molecule has 0 aliphatic heterocycles. The van der Waals surface area contributed by atoms with Crippen molar-refractivity contribution >= 4 is 34.9 Å². The maximum atomic E-state index is 11.4. The third-order valence-corrected chi connectivity index (χ3v) is 2.46. The highest BCUT2D eigenvalue weighted by Gasteiger charge is 2.05. The van der Waals surface area contributed by atoms with Crippen molar-refractivity contribution in [1.29, 1.82) is 0 Å². The first kappa shape index (κ1) is 14.1. The summed E-state index contributed by atoms with van der Waals surface area (Å²) >= 11 is 11.6. The molecule has 0 fully saturated rings. The van der Waals surface area contributed by atoms with Gasteiger partial charge >= 0.3 is 6.03 Å². The van der Waals surface area contributed by atoms with Crippen molar-refractivity contribution in [3.8, 4) is 0 Å². The van der Waals surface area contributed by atoms with Gasteiger partial charge in [-0.05, 0) is 25.1 Å². The number of ether oxygens (including phenoxy) is 1. The molecule has 0 heterocycles. The van der Waals surface area contributed by atoms with Gasteiger partial charge in [0.1, 0.15) is 0 Å². The Kier molecular flexibility index (Phi) is 6.11. The second-order valence-corrected chi connectivity index (χ2v) is 4.05. The Bertz CT molecular complexity index is 386. The van der Waals surface area contributed by atoms with Crippen molar-refractivity contribution in [2.24, 2.45) is 0 Å². The monoisotopic (exact) mass is 276 g/mol. The molecule has 0 radical (unpaired) electrons. The molecule has 0 saturated heterocycles. The number of nitrogens with one attached hydrogen (secondary N) is 2. The number of carbonyl (C=O) groups excluding carboxylic acids is 1. The topological polar surface area (TPSA) is 50.4 Å². The smallest absolute Gasteiger partial charge is 0.319 e. The molecule has 0 bridgehead atoms. The predicted octanol–water partition coefficient (Wildman–Crippen LogP) is 3.15. The largest absolute Gasteiger partial charge is 0.380 e. The summed E-state index contributed by atoms with van der Waals surface area (Å²) in [4.78, 5) is 11.4. The van der Waals surface area contributed by atoms with E-state index in [-0.39, 0.29) is 6.03 Å². The van der Waals surface area contributed by atoms with E-state index >= 15 is 0 Å². The van der Waals surface area contributed by atoms with Crippen LogP contribution in [-0.2, 0) is 4.74 Å². The van der Waals surface area contributed by atoms with Crippen LogP contribution >= 0.6 is 23.2 Å². The second-order valence-electron chi connectivity index (χ2n) is 3.20. The Morgan fingerprint density at radius 3 is 2.82 bits per heavy atom. The van der Waals surface area contributed by atoms with E-state index in [0.29, 0.717) is 35.5 Å². The van der Waals surface area contributed by atoms with Crippen LogP contribution in [-0.4, -0.2) is 25.8 Å². The van der Waals surface area contributed by atoms with E-state index in [1.807, 2.05) is 6.92 Å². The number of amides is 2. The molecule has 4 nitrogen and oxygen atoms in total. The molecule has 0 aromatic heterocycles. The van der Waals surface area contributed by atoms with Gasteiger partial charge in [0.25, 0.3) is 0 Å². The van der Waals surface area contributed by atoms with Crippen molar-refractivity contribution in [3.05, 3.63) is 28.2 Å². The highest BCUT2D eigenvalue weighted by atomic mass is 35.5. The molecule has 2 N–H and O–H groups in total. The lowest BCUT2D eigenvalue weighted by Gasteiger charge is -2.09. The Morgan fingerprint density at radius 1 is 1.41 bits per heavy atom. The van der Waals surface area contributed by atoms with Crippen LogP contribution in [0.2, 0.25) is 10.0 Å². The van der Waals surface area contributed by atoms with Crippen molar-refractivity contribution in [2.45, 2.75) is 6.92 Å². The number of urea groups is 1. The van der Waals surface area contributed by atoms with E-state index in [9.17, 15) is 4.79 Å². The lowest BCUT2D eigenvalue weighted by Crippen LogP contribution is -2.31. The minimum Gasteiger partial charge on any atom is -0.380 e. The molecule has 1 aromatic rings. The highest BCUT2D eigenvalue weighted by molar-refractivity contribution is 6.36. The fourth-order valence-electron chi connectivity index (χ4n) is 1.14. The van der Waals surface area contributed by atoms with E-state index in [4.69, 9.17) is 27.9 Å². The van der Waals surface area contributed by atoms with Crippen LogP contribution in [0.3, 0.4) is 0 Å². The molecule has 6 heteroatoms. The minimum absolute atomic E-state index is 0.325. The van der Waals surface area contributed by atoms with Gasteiger partial charge in [-0.3, -0.25) is 0 Å². The Hall–Kier alpha value is -0.970. The van der Waals surface area contributed by atoms with E-state index in [1.54, 1.807) is 18.2 Å². The Morgan fingerprint density at radius 2 is 2.18 bits per heavy atom. The van der Waals surface area contributed by atoms with Crippen LogP contribution in [0.5, 0.6) is 0 Å². The maximum Gasteiger partial charge on any atom is 0.319 e. The molecule has 1 aromatic carbocycles. The number of halogens is 2. The average Bonchev–Trinajstić information content (AvgIpc) is 2.28. The zero-order valence-electron chi connectivity index (χ0n) is 9.43. The maximum absolute atomic E-state index is 11.4. The number of benzene rings is 1. The molecule has 2 amide bonds. The molecule has 0 atom stereocenters. The minimum atomic E-state index is -0.325. The molecule has 17 heavy (non-hydrogen) atoms. The first-order valence-electron chi connectivity index (χ1n) is 5.21.